The molecule has 0 fully saturated rings. The van der Waals surface area contributed by atoms with Gasteiger partial charge in [-0.1, -0.05) is 29.8 Å². The smallest absolute Gasteiger partial charge is 0.261 e. The maximum Gasteiger partial charge on any atom is 0.261 e. The lowest BCUT2D eigenvalue weighted by Gasteiger charge is -2.13. The van der Waals surface area contributed by atoms with Gasteiger partial charge in [-0.15, -0.1) is 0 Å². The van der Waals surface area contributed by atoms with Gasteiger partial charge in [0, 0.05) is 0 Å². The van der Waals surface area contributed by atoms with E-state index in [1.807, 2.05) is 32.0 Å². The third-order valence-electron chi connectivity index (χ3n) is 3.15. The van der Waals surface area contributed by atoms with E-state index >= 15 is 0 Å². The molecule has 0 atom stereocenters. The van der Waals surface area contributed by atoms with Gasteiger partial charge in [-0.3, -0.25) is 4.72 Å². The van der Waals surface area contributed by atoms with Crippen LogP contribution in [-0.4, -0.2) is 15.5 Å². The minimum atomic E-state index is -3.70. The van der Waals surface area contributed by atoms with Crippen LogP contribution in [0.3, 0.4) is 0 Å². The third kappa shape index (κ3) is 3.31. The van der Waals surface area contributed by atoms with Crippen LogP contribution < -0.4 is 9.46 Å². The predicted octanol–water partition coefficient (Wildman–Crippen LogP) is 3.77. The molecule has 0 amide bonds. The molecule has 2 aromatic carbocycles. The zero-order valence-corrected chi connectivity index (χ0v) is 13.5. The predicted molar refractivity (Wildman–Crippen MR) is 84.7 cm³/mol. The van der Waals surface area contributed by atoms with Gasteiger partial charge in [0.25, 0.3) is 10.0 Å². The van der Waals surface area contributed by atoms with E-state index in [9.17, 15) is 8.42 Å². The largest absolute Gasteiger partial charge is 0.495 e. The molecule has 0 radical (unpaired) electrons. The van der Waals surface area contributed by atoms with E-state index in [0.717, 1.165) is 11.1 Å². The molecular formula is C15H16ClNO3S. The van der Waals surface area contributed by atoms with Gasteiger partial charge in [0.1, 0.15) is 5.75 Å². The van der Waals surface area contributed by atoms with Crippen LogP contribution in [0.5, 0.6) is 5.75 Å². The summed E-state index contributed by atoms with van der Waals surface area (Å²) in [5.74, 6) is 0.433. The molecule has 4 nitrogen and oxygen atoms in total. The minimum Gasteiger partial charge on any atom is -0.495 e. The van der Waals surface area contributed by atoms with Crippen LogP contribution in [0.1, 0.15) is 11.1 Å². The van der Waals surface area contributed by atoms with Gasteiger partial charge in [0.05, 0.1) is 22.7 Å². The van der Waals surface area contributed by atoms with Crippen molar-refractivity contribution in [3.05, 3.63) is 52.5 Å². The number of nitrogens with one attached hydrogen (secondary N) is 1. The lowest BCUT2D eigenvalue weighted by atomic mass is 10.1. The third-order valence-corrected chi connectivity index (χ3v) is 4.79. The zero-order valence-electron chi connectivity index (χ0n) is 12.0. The zero-order chi connectivity index (χ0) is 15.6. The van der Waals surface area contributed by atoms with Gasteiger partial charge in [0.2, 0.25) is 0 Å². The second kappa shape index (κ2) is 5.95. The SMILES string of the molecule is COc1ccc(S(=O)(=O)Nc2c(C)cccc2C)cc1Cl. The van der Waals surface area contributed by atoms with Crippen molar-refractivity contribution in [1.29, 1.82) is 0 Å². The summed E-state index contributed by atoms with van der Waals surface area (Å²) >= 11 is 5.98. The number of benzene rings is 2. The lowest BCUT2D eigenvalue weighted by Crippen LogP contribution is -2.14. The Hall–Kier alpha value is -1.72. The molecule has 0 saturated carbocycles. The van der Waals surface area contributed by atoms with Crippen molar-refractivity contribution >= 4 is 27.3 Å². The van der Waals surface area contributed by atoms with Crippen molar-refractivity contribution in [2.45, 2.75) is 18.7 Å². The molecule has 6 heteroatoms. The van der Waals surface area contributed by atoms with E-state index in [-0.39, 0.29) is 9.92 Å². The van der Waals surface area contributed by atoms with Gasteiger partial charge >= 0.3 is 0 Å². The first-order chi connectivity index (χ1) is 9.85. The Kier molecular flexibility index (Phi) is 4.44. The van der Waals surface area contributed by atoms with Crippen LogP contribution in [-0.2, 0) is 10.0 Å². The van der Waals surface area contributed by atoms with Crippen molar-refractivity contribution in [2.24, 2.45) is 0 Å². The first kappa shape index (κ1) is 15.7. The average molecular weight is 326 g/mol. The summed E-state index contributed by atoms with van der Waals surface area (Å²) in [6, 6.07) is 9.95. The Bertz CT molecular complexity index is 752. The van der Waals surface area contributed by atoms with Crippen molar-refractivity contribution in [2.75, 3.05) is 11.8 Å². The number of para-hydroxylation sites is 1. The van der Waals surface area contributed by atoms with Crippen LogP contribution in [0.25, 0.3) is 0 Å². The van der Waals surface area contributed by atoms with Crippen molar-refractivity contribution in [3.8, 4) is 5.75 Å². The van der Waals surface area contributed by atoms with E-state index < -0.39 is 10.0 Å². The Labute approximate surface area is 129 Å². The van der Waals surface area contributed by atoms with E-state index in [4.69, 9.17) is 16.3 Å². The molecule has 2 rings (SSSR count). The van der Waals surface area contributed by atoms with Gasteiger partial charge in [-0.25, -0.2) is 8.42 Å². The standard InChI is InChI=1S/C15H16ClNO3S/c1-10-5-4-6-11(2)15(10)17-21(18,19)12-7-8-14(20-3)13(16)9-12/h4-9,17H,1-3H3. The Morgan fingerprint density at radius 1 is 1.10 bits per heavy atom. The average Bonchev–Trinajstić information content (AvgIpc) is 2.43. The molecule has 0 saturated heterocycles. The molecule has 112 valence electrons. The first-order valence-corrected chi connectivity index (χ1v) is 8.14. The second-order valence-electron chi connectivity index (χ2n) is 4.67. The molecule has 0 bridgehead atoms. The summed E-state index contributed by atoms with van der Waals surface area (Å²) in [4.78, 5) is 0.0935. The summed E-state index contributed by atoms with van der Waals surface area (Å²) in [6.07, 6.45) is 0. The van der Waals surface area contributed by atoms with Gasteiger partial charge in [-0.05, 0) is 43.2 Å². The first-order valence-electron chi connectivity index (χ1n) is 6.27. The van der Waals surface area contributed by atoms with Gasteiger partial charge in [-0.2, -0.15) is 0 Å². The number of sulfonamides is 1. The molecular weight excluding hydrogens is 310 g/mol. The van der Waals surface area contributed by atoms with Crippen LogP contribution >= 0.6 is 11.6 Å². The van der Waals surface area contributed by atoms with Gasteiger partial charge in [0.15, 0.2) is 0 Å². The number of hydrogen-bond acceptors (Lipinski definition) is 3. The molecule has 1 N–H and O–H groups in total. The molecule has 2 aromatic rings. The number of ether oxygens (including phenoxy) is 1. The van der Waals surface area contributed by atoms with E-state index in [0.29, 0.717) is 11.4 Å². The number of methoxy groups -OCH3 is 1. The van der Waals surface area contributed by atoms with E-state index in [2.05, 4.69) is 4.72 Å². The number of hydrogen-bond donors (Lipinski definition) is 1. The van der Waals surface area contributed by atoms with Crippen LogP contribution in [0.2, 0.25) is 5.02 Å². The highest BCUT2D eigenvalue weighted by molar-refractivity contribution is 7.92. The Balaban J connectivity index is 2.41. The Morgan fingerprint density at radius 2 is 1.71 bits per heavy atom. The van der Waals surface area contributed by atoms with E-state index in [1.54, 1.807) is 0 Å². The minimum absolute atomic E-state index is 0.0935. The van der Waals surface area contributed by atoms with Crippen LogP contribution in [0, 0.1) is 13.8 Å². The maximum atomic E-state index is 12.4. The summed E-state index contributed by atoms with van der Waals surface area (Å²) in [5, 5.41) is 0.252. The molecule has 0 aliphatic rings. The number of rotatable bonds is 4. The number of anilines is 1. The molecule has 0 unspecified atom stereocenters. The number of aryl methyl sites for hydroxylation is 2. The maximum absolute atomic E-state index is 12.4. The van der Waals surface area contributed by atoms with Crippen LogP contribution in [0.15, 0.2) is 41.3 Å². The van der Waals surface area contributed by atoms with Crippen molar-refractivity contribution in [1.82, 2.24) is 0 Å². The topological polar surface area (TPSA) is 55.4 Å². The fraction of sp³-hybridized carbons (Fsp3) is 0.200. The van der Waals surface area contributed by atoms with Crippen molar-refractivity contribution < 1.29 is 13.2 Å². The highest BCUT2D eigenvalue weighted by atomic mass is 35.5. The van der Waals surface area contributed by atoms with E-state index in [1.165, 1.54) is 25.3 Å². The fourth-order valence-corrected chi connectivity index (χ4v) is 3.53. The quantitative estimate of drug-likeness (QED) is 0.931. The summed E-state index contributed by atoms with van der Waals surface area (Å²) in [7, 11) is -2.22. The molecule has 0 aliphatic heterocycles. The normalized spacial score (nSPS) is 11.2. The summed E-state index contributed by atoms with van der Waals surface area (Å²) in [6.45, 7) is 3.71. The molecule has 21 heavy (non-hydrogen) atoms. The van der Waals surface area contributed by atoms with Crippen molar-refractivity contribution in [3.63, 3.8) is 0 Å². The summed E-state index contributed by atoms with van der Waals surface area (Å²) < 4.78 is 32.5. The summed E-state index contributed by atoms with van der Waals surface area (Å²) in [5.41, 5.74) is 2.31. The number of halogens is 1. The Morgan fingerprint density at radius 3 is 2.24 bits per heavy atom. The molecule has 0 heterocycles. The highest BCUT2D eigenvalue weighted by Gasteiger charge is 2.18. The molecule has 0 aliphatic carbocycles. The lowest BCUT2D eigenvalue weighted by molar-refractivity contribution is 0.414. The fourth-order valence-electron chi connectivity index (χ4n) is 1.98. The van der Waals surface area contributed by atoms with Gasteiger partial charge < -0.3 is 4.74 Å². The molecule has 0 aromatic heterocycles. The molecule has 0 spiro atoms. The van der Waals surface area contributed by atoms with Crippen LogP contribution in [0.4, 0.5) is 5.69 Å². The second-order valence-corrected chi connectivity index (χ2v) is 6.76. The monoisotopic (exact) mass is 325 g/mol. The highest BCUT2D eigenvalue weighted by Crippen LogP contribution is 2.29.